The molecule has 0 saturated heterocycles. The molecule has 1 heterocycles. The number of aromatic amines is 1. The lowest BCUT2D eigenvalue weighted by Gasteiger charge is -2.06. The van der Waals surface area contributed by atoms with Gasteiger partial charge in [0.2, 0.25) is 0 Å². The Morgan fingerprint density at radius 3 is 2.88 bits per heavy atom. The number of benzene rings is 1. The van der Waals surface area contributed by atoms with Crippen molar-refractivity contribution in [3.8, 4) is 17.0 Å². The summed E-state index contributed by atoms with van der Waals surface area (Å²) < 4.78 is 18.7. The van der Waals surface area contributed by atoms with Crippen LogP contribution in [0.5, 0.6) is 5.75 Å². The number of H-pyrrole nitrogens is 1. The van der Waals surface area contributed by atoms with E-state index in [1.165, 1.54) is 19.2 Å². The van der Waals surface area contributed by atoms with E-state index in [1.807, 2.05) is 0 Å². The molecule has 0 aliphatic rings. The number of nitrogens with zero attached hydrogens (tertiary/aromatic N) is 1. The van der Waals surface area contributed by atoms with Crippen LogP contribution in [-0.2, 0) is 0 Å². The largest absolute Gasteiger partial charge is 0.496 e. The predicted molar refractivity (Wildman–Crippen MR) is 63.6 cm³/mol. The summed E-state index contributed by atoms with van der Waals surface area (Å²) in [7, 11) is 1.44. The molecule has 0 aliphatic carbocycles. The SMILES string of the molecule is COc1cc(F)ccc1-c1nc(C=O)[nH]c1Br. The molecule has 1 aromatic carbocycles. The van der Waals surface area contributed by atoms with Crippen LogP contribution in [0.15, 0.2) is 22.8 Å². The number of hydrogen-bond acceptors (Lipinski definition) is 3. The van der Waals surface area contributed by atoms with Gasteiger partial charge in [-0.3, -0.25) is 4.79 Å². The molecule has 0 atom stereocenters. The molecular formula is C11H8BrFN2O2. The monoisotopic (exact) mass is 298 g/mol. The first kappa shape index (κ1) is 11.8. The average molecular weight is 299 g/mol. The Labute approximate surface area is 105 Å². The van der Waals surface area contributed by atoms with Gasteiger partial charge in [0.05, 0.1) is 7.11 Å². The van der Waals surface area contributed by atoms with Crippen molar-refractivity contribution in [3.63, 3.8) is 0 Å². The van der Waals surface area contributed by atoms with Gasteiger partial charge >= 0.3 is 0 Å². The Kier molecular flexibility index (Phi) is 3.23. The van der Waals surface area contributed by atoms with Gasteiger partial charge in [0.25, 0.3) is 0 Å². The fourth-order valence-electron chi connectivity index (χ4n) is 1.46. The number of aldehydes is 1. The van der Waals surface area contributed by atoms with Crippen molar-refractivity contribution in [3.05, 3.63) is 34.4 Å². The van der Waals surface area contributed by atoms with Crippen LogP contribution in [0.1, 0.15) is 10.6 Å². The van der Waals surface area contributed by atoms with Gasteiger partial charge in [-0.15, -0.1) is 0 Å². The summed E-state index contributed by atoms with van der Waals surface area (Å²) in [5, 5.41) is 0. The molecule has 6 heteroatoms. The highest BCUT2D eigenvalue weighted by Crippen LogP contribution is 2.33. The minimum atomic E-state index is -0.395. The number of aromatic nitrogens is 2. The van der Waals surface area contributed by atoms with E-state index < -0.39 is 5.82 Å². The van der Waals surface area contributed by atoms with Crippen molar-refractivity contribution in [2.24, 2.45) is 0 Å². The van der Waals surface area contributed by atoms with Gasteiger partial charge in [0.15, 0.2) is 12.1 Å². The maximum absolute atomic E-state index is 13.0. The quantitative estimate of drug-likeness (QED) is 0.887. The minimum Gasteiger partial charge on any atom is -0.496 e. The second kappa shape index (κ2) is 4.67. The molecule has 0 fully saturated rings. The highest BCUT2D eigenvalue weighted by atomic mass is 79.9. The molecule has 17 heavy (non-hydrogen) atoms. The van der Waals surface area contributed by atoms with Crippen molar-refractivity contribution < 1.29 is 13.9 Å². The number of carbonyl (C=O) groups excluding carboxylic acids is 1. The summed E-state index contributed by atoms with van der Waals surface area (Å²) in [4.78, 5) is 17.4. The van der Waals surface area contributed by atoms with Gasteiger partial charge in [0, 0.05) is 11.6 Å². The Balaban J connectivity index is 2.59. The van der Waals surface area contributed by atoms with E-state index in [-0.39, 0.29) is 5.82 Å². The van der Waals surface area contributed by atoms with Crippen molar-refractivity contribution in [2.45, 2.75) is 0 Å². The molecule has 88 valence electrons. The molecule has 0 unspecified atom stereocenters. The summed E-state index contributed by atoms with van der Waals surface area (Å²) in [6.07, 6.45) is 0.601. The number of ether oxygens (including phenoxy) is 1. The van der Waals surface area contributed by atoms with E-state index >= 15 is 0 Å². The molecular weight excluding hydrogens is 291 g/mol. The van der Waals surface area contributed by atoms with E-state index in [4.69, 9.17) is 4.74 Å². The first-order valence-electron chi connectivity index (χ1n) is 4.70. The zero-order valence-corrected chi connectivity index (χ0v) is 10.4. The van der Waals surface area contributed by atoms with Gasteiger partial charge in [-0.25, -0.2) is 9.37 Å². The Bertz CT molecular complexity index is 569. The highest BCUT2D eigenvalue weighted by molar-refractivity contribution is 9.10. The lowest BCUT2D eigenvalue weighted by molar-refractivity contribution is 0.111. The summed E-state index contributed by atoms with van der Waals surface area (Å²) in [6.45, 7) is 0. The lowest BCUT2D eigenvalue weighted by atomic mass is 10.1. The van der Waals surface area contributed by atoms with Gasteiger partial charge in [-0.2, -0.15) is 0 Å². The third-order valence-corrected chi connectivity index (χ3v) is 2.78. The van der Waals surface area contributed by atoms with Crippen LogP contribution >= 0.6 is 15.9 Å². The summed E-state index contributed by atoms with van der Waals surface area (Å²) in [6, 6.07) is 4.11. The topological polar surface area (TPSA) is 55.0 Å². The number of nitrogens with one attached hydrogen (secondary N) is 1. The maximum atomic E-state index is 13.0. The van der Waals surface area contributed by atoms with Crippen LogP contribution in [0.25, 0.3) is 11.3 Å². The highest BCUT2D eigenvalue weighted by Gasteiger charge is 2.14. The van der Waals surface area contributed by atoms with E-state index in [2.05, 4.69) is 25.9 Å². The molecule has 2 aromatic rings. The third kappa shape index (κ3) is 2.21. The van der Waals surface area contributed by atoms with E-state index in [1.54, 1.807) is 6.07 Å². The number of imidazole rings is 1. The number of methoxy groups -OCH3 is 1. The van der Waals surface area contributed by atoms with Gasteiger partial charge in [-0.05, 0) is 28.1 Å². The Morgan fingerprint density at radius 2 is 2.29 bits per heavy atom. The second-order valence-corrected chi connectivity index (χ2v) is 4.04. The molecule has 0 spiro atoms. The van der Waals surface area contributed by atoms with Crippen molar-refractivity contribution >= 4 is 22.2 Å². The summed E-state index contributed by atoms with van der Waals surface area (Å²) in [5.41, 5.74) is 1.11. The zero-order chi connectivity index (χ0) is 12.4. The normalized spacial score (nSPS) is 10.3. The summed E-state index contributed by atoms with van der Waals surface area (Å²) >= 11 is 3.25. The van der Waals surface area contributed by atoms with Crippen LogP contribution in [0, 0.1) is 5.82 Å². The fourth-order valence-corrected chi connectivity index (χ4v) is 1.97. The first-order valence-corrected chi connectivity index (χ1v) is 5.49. The molecule has 0 saturated carbocycles. The molecule has 0 amide bonds. The van der Waals surface area contributed by atoms with E-state index in [0.29, 0.717) is 27.9 Å². The molecule has 2 rings (SSSR count). The number of carbonyl (C=O) groups is 1. The summed E-state index contributed by atoms with van der Waals surface area (Å²) in [5.74, 6) is 0.153. The van der Waals surface area contributed by atoms with Crippen LogP contribution < -0.4 is 4.74 Å². The van der Waals surface area contributed by atoms with E-state index in [0.717, 1.165) is 0 Å². The zero-order valence-electron chi connectivity index (χ0n) is 8.83. The van der Waals surface area contributed by atoms with Crippen molar-refractivity contribution in [2.75, 3.05) is 7.11 Å². The fraction of sp³-hybridized carbons (Fsp3) is 0.0909. The van der Waals surface area contributed by atoms with Crippen LogP contribution in [0.2, 0.25) is 0 Å². The van der Waals surface area contributed by atoms with Crippen LogP contribution in [0.4, 0.5) is 4.39 Å². The molecule has 4 nitrogen and oxygen atoms in total. The van der Waals surface area contributed by atoms with Crippen LogP contribution in [0.3, 0.4) is 0 Å². The number of halogens is 2. The average Bonchev–Trinajstić information content (AvgIpc) is 2.70. The molecule has 0 radical (unpaired) electrons. The van der Waals surface area contributed by atoms with Gasteiger partial charge in [0.1, 0.15) is 21.9 Å². The second-order valence-electron chi connectivity index (χ2n) is 3.25. The lowest BCUT2D eigenvalue weighted by Crippen LogP contribution is -1.90. The first-order chi connectivity index (χ1) is 8.15. The van der Waals surface area contributed by atoms with Crippen LogP contribution in [-0.4, -0.2) is 23.4 Å². The van der Waals surface area contributed by atoms with Crippen molar-refractivity contribution in [1.29, 1.82) is 0 Å². The number of hydrogen-bond donors (Lipinski definition) is 1. The molecule has 1 aromatic heterocycles. The Morgan fingerprint density at radius 1 is 1.53 bits per heavy atom. The predicted octanol–water partition coefficient (Wildman–Crippen LogP) is 2.80. The Hall–Kier alpha value is -1.69. The third-order valence-electron chi connectivity index (χ3n) is 2.21. The molecule has 0 bridgehead atoms. The molecule has 1 N–H and O–H groups in total. The smallest absolute Gasteiger partial charge is 0.185 e. The van der Waals surface area contributed by atoms with Crippen molar-refractivity contribution in [1.82, 2.24) is 9.97 Å². The standard InChI is InChI=1S/C11H8BrFN2O2/c1-17-8-4-6(13)2-3-7(8)10-11(12)15-9(5-16)14-10/h2-5H,1H3,(H,14,15). The minimum absolute atomic E-state index is 0.193. The maximum Gasteiger partial charge on any atom is 0.185 e. The number of rotatable bonds is 3. The van der Waals surface area contributed by atoms with E-state index in [9.17, 15) is 9.18 Å². The van der Waals surface area contributed by atoms with Gasteiger partial charge in [-0.1, -0.05) is 0 Å². The van der Waals surface area contributed by atoms with Gasteiger partial charge < -0.3 is 9.72 Å². The molecule has 0 aliphatic heterocycles.